The van der Waals surface area contributed by atoms with Gasteiger partial charge in [-0.3, -0.25) is 4.79 Å². The van der Waals surface area contributed by atoms with Crippen molar-refractivity contribution in [2.24, 2.45) is 0 Å². The van der Waals surface area contributed by atoms with Gasteiger partial charge in [0.25, 0.3) is 0 Å². The molecule has 1 aliphatic rings. The van der Waals surface area contributed by atoms with E-state index in [9.17, 15) is 9.90 Å². The Bertz CT molecular complexity index is 260. The Morgan fingerprint density at radius 2 is 2.53 bits per heavy atom. The summed E-state index contributed by atoms with van der Waals surface area (Å²) >= 11 is 0. The van der Waals surface area contributed by atoms with Gasteiger partial charge in [-0.2, -0.15) is 0 Å². The number of β-amino-alcohol motifs (C(OH)–C–C–N with tert-alkyl or cyclic N) is 1. The number of aliphatic hydroxyl groups is 1. The maximum Gasteiger partial charge on any atom is 0.237 e. The third-order valence-electron chi connectivity index (χ3n) is 2.63. The molecule has 0 spiro atoms. The van der Waals surface area contributed by atoms with E-state index in [1.807, 2.05) is 6.92 Å². The van der Waals surface area contributed by atoms with Gasteiger partial charge in [-0.15, -0.1) is 12.3 Å². The number of hydrogen-bond donors (Lipinski definition) is 3. The third-order valence-corrected chi connectivity index (χ3v) is 2.63. The summed E-state index contributed by atoms with van der Waals surface area (Å²) in [5.74, 6) is 2.48. The molecular formula is C11H18N2O2. The maximum atomic E-state index is 11.7. The molecule has 4 heteroatoms. The molecule has 1 rings (SSSR count). The average Bonchev–Trinajstić information content (AvgIpc) is 2.64. The van der Waals surface area contributed by atoms with Gasteiger partial charge >= 0.3 is 0 Å². The summed E-state index contributed by atoms with van der Waals surface area (Å²) in [6.07, 6.45) is 6.65. The first-order chi connectivity index (χ1) is 7.17. The number of hydrogen-bond acceptors (Lipinski definition) is 3. The molecule has 0 saturated carbocycles. The highest BCUT2D eigenvalue weighted by molar-refractivity contribution is 5.82. The Morgan fingerprint density at radius 3 is 3.00 bits per heavy atom. The molecule has 1 fully saturated rings. The predicted molar refractivity (Wildman–Crippen MR) is 58.1 cm³/mol. The van der Waals surface area contributed by atoms with Crippen molar-refractivity contribution in [1.82, 2.24) is 10.6 Å². The summed E-state index contributed by atoms with van der Waals surface area (Å²) in [6, 6.07) is -0.228. The average molecular weight is 210 g/mol. The van der Waals surface area contributed by atoms with E-state index in [1.165, 1.54) is 0 Å². The number of rotatable bonds is 4. The molecule has 0 radical (unpaired) electrons. The highest BCUT2D eigenvalue weighted by Crippen LogP contribution is 2.07. The minimum Gasteiger partial charge on any atom is -0.392 e. The molecule has 0 aromatic heterocycles. The molecule has 1 heterocycles. The van der Waals surface area contributed by atoms with Crippen molar-refractivity contribution in [3.63, 3.8) is 0 Å². The van der Waals surface area contributed by atoms with Gasteiger partial charge in [-0.25, -0.2) is 0 Å². The van der Waals surface area contributed by atoms with E-state index in [1.54, 1.807) is 0 Å². The SMILES string of the molecule is C#CCC(CC)NC(=O)C1CC(O)CN1. The Morgan fingerprint density at radius 1 is 1.80 bits per heavy atom. The lowest BCUT2D eigenvalue weighted by Gasteiger charge is -2.17. The number of nitrogens with one attached hydrogen (secondary N) is 2. The molecule has 3 unspecified atom stereocenters. The van der Waals surface area contributed by atoms with E-state index in [-0.39, 0.29) is 18.0 Å². The van der Waals surface area contributed by atoms with Gasteiger partial charge in [-0.05, 0) is 12.8 Å². The zero-order valence-corrected chi connectivity index (χ0v) is 8.99. The summed E-state index contributed by atoms with van der Waals surface area (Å²) < 4.78 is 0. The molecule has 15 heavy (non-hydrogen) atoms. The fourth-order valence-electron chi connectivity index (χ4n) is 1.66. The van der Waals surface area contributed by atoms with Crippen molar-refractivity contribution in [2.75, 3.05) is 6.54 Å². The number of carbonyl (C=O) groups excluding carboxylic acids is 1. The quantitative estimate of drug-likeness (QED) is 0.555. The van der Waals surface area contributed by atoms with Crippen molar-refractivity contribution >= 4 is 5.91 Å². The van der Waals surface area contributed by atoms with Crippen LogP contribution in [0.4, 0.5) is 0 Å². The van der Waals surface area contributed by atoms with Gasteiger partial charge in [0.1, 0.15) is 0 Å². The second kappa shape index (κ2) is 5.74. The van der Waals surface area contributed by atoms with Gasteiger partial charge < -0.3 is 15.7 Å². The van der Waals surface area contributed by atoms with Crippen molar-refractivity contribution in [2.45, 2.75) is 44.4 Å². The summed E-state index contributed by atoms with van der Waals surface area (Å²) in [7, 11) is 0. The lowest BCUT2D eigenvalue weighted by molar-refractivity contribution is -0.123. The number of carbonyl (C=O) groups is 1. The summed E-state index contributed by atoms with van der Waals surface area (Å²) in [5.41, 5.74) is 0. The van der Waals surface area contributed by atoms with Crippen LogP contribution in [0, 0.1) is 12.3 Å². The molecule has 4 nitrogen and oxygen atoms in total. The molecule has 3 N–H and O–H groups in total. The third kappa shape index (κ3) is 3.54. The minimum atomic E-state index is -0.409. The fourth-order valence-corrected chi connectivity index (χ4v) is 1.66. The second-order valence-electron chi connectivity index (χ2n) is 3.87. The summed E-state index contributed by atoms with van der Waals surface area (Å²) in [5, 5.41) is 15.1. The molecule has 84 valence electrons. The lowest BCUT2D eigenvalue weighted by Crippen LogP contribution is -2.44. The van der Waals surface area contributed by atoms with Crippen LogP contribution in [0.5, 0.6) is 0 Å². The van der Waals surface area contributed by atoms with Crippen molar-refractivity contribution in [3.05, 3.63) is 0 Å². The Hall–Kier alpha value is -1.05. The topological polar surface area (TPSA) is 61.4 Å². The highest BCUT2D eigenvalue weighted by atomic mass is 16.3. The fraction of sp³-hybridized carbons (Fsp3) is 0.727. The van der Waals surface area contributed by atoms with E-state index in [0.29, 0.717) is 19.4 Å². The first-order valence-corrected chi connectivity index (χ1v) is 5.32. The van der Waals surface area contributed by atoms with Crippen LogP contribution in [0.1, 0.15) is 26.2 Å². The smallest absolute Gasteiger partial charge is 0.237 e. The Balaban J connectivity index is 2.37. The number of aliphatic hydroxyl groups excluding tert-OH is 1. The number of amides is 1. The highest BCUT2D eigenvalue weighted by Gasteiger charge is 2.28. The van der Waals surface area contributed by atoms with Crippen LogP contribution in [-0.2, 0) is 4.79 Å². The van der Waals surface area contributed by atoms with Crippen LogP contribution in [0.15, 0.2) is 0 Å². The predicted octanol–water partition coefficient (Wildman–Crippen LogP) is -0.373. The molecule has 1 aliphatic heterocycles. The molecule has 1 amide bonds. The van der Waals surface area contributed by atoms with Crippen LogP contribution in [0.25, 0.3) is 0 Å². The molecule has 1 saturated heterocycles. The van der Waals surface area contributed by atoms with E-state index in [4.69, 9.17) is 6.42 Å². The normalized spacial score (nSPS) is 27.0. The van der Waals surface area contributed by atoms with Gasteiger partial charge in [0.15, 0.2) is 0 Å². The van der Waals surface area contributed by atoms with Crippen LogP contribution in [-0.4, -0.2) is 35.7 Å². The molecule has 0 aromatic carbocycles. The van der Waals surface area contributed by atoms with Gasteiger partial charge in [0, 0.05) is 19.0 Å². The largest absolute Gasteiger partial charge is 0.392 e. The first-order valence-electron chi connectivity index (χ1n) is 5.32. The van der Waals surface area contributed by atoms with Gasteiger partial charge in [0.2, 0.25) is 5.91 Å². The van der Waals surface area contributed by atoms with E-state index in [0.717, 1.165) is 6.42 Å². The molecule has 3 atom stereocenters. The Kier molecular flexibility index (Phi) is 4.60. The van der Waals surface area contributed by atoms with E-state index >= 15 is 0 Å². The van der Waals surface area contributed by atoms with Crippen molar-refractivity contribution < 1.29 is 9.90 Å². The van der Waals surface area contributed by atoms with Gasteiger partial charge in [-0.1, -0.05) is 6.92 Å². The van der Waals surface area contributed by atoms with Crippen molar-refractivity contribution in [3.8, 4) is 12.3 Å². The second-order valence-corrected chi connectivity index (χ2v) is 3.87. The monoisotopic (exact) mass is 210 g/mol. The summed E-state index contributed by atoms with van der Waals surface area (Å²) in [4.78, 5) is 11.7. The molecule has 0 aliphatic carbocycles. The van der Waals surface area contributed by atoms with Gasteiger partial charge in [0.05, 0.1) is 12.1 Å². The number of terminal acetylenes is 1. The molecule has 0 aromatic rings. The van der Waals surface area contributed by atoms with Crippen LogP contribution < -0.4 is 10.6 Å². The zero-order chi connectivity index (χ0) is 11.3. The van der Waals surface area contributed by atoms with Crippen LogP contribution in [0.3, 0.4) is 0 Å². The Labute approximate surface area is 90.4 Å². The summed E-state index contributed by atoms with van der Waals surface area (Å²) in [6.45, 7) is 2.48. The molecular weight excluding hydrogens is 192 g/mol. The zero-order valence-electron chi connectivity index (χ0n) is 8.99. The maximum absolute atomic E-state index is 11.7. The van der Waals surface area contributed by atoms with E-state index < -0.39 is 6.10 Å². The lowest BCUT2D eigenvalue weighted by atomic mass is 10.1. The minimum absolute atomic E-state index is 0.0436. The van der Waals surface area contributed by atoms with Crippen molar-refractivity contribution in [1.29, 1.82) is 0 Å². The van der Waals surface area contributed by atoms with Crippen LogP contribution >= 0.6 is 0 Å². The van der Waals surface area contributed by atoms with E-state index in [2.05, 4.69) is 16.6 Å². The van der Waals surface area contributed by atoms with Crippen LogP contribution in [0.2, 0.25) is 0 Å². The standard InChI is InChI=1S/C11H18N2O2/c1-3-5-8(4-2)13-11(15)10-6-9(14)7-12-10/h1,8-10,12,14H,4-7H2,2H3,(H,13,15). The molecule has 0 bridgehead atoms. The first kappa shape index (κ1) is 12.0.